The molecule has 0 aromatic heterocycles. The van der Waals surface area contributed by atoms with Gasteiger partial charge in [0, 0.05) is 19.5 Å². The summed E-state index contributed by atoms with van der Waals surface area (Å²) in [5.41, 5.74) is 1.66. The molecule has 2 N–H and O–H groups in total. The lowest BCUT2D eigenvalue weighted by Gasteiger charge is -2.07. The van der Waals surface area contributed by atoms with Crippen LogP contribution >= 0.6 is 0 Å². The minimum absolute atomic E-state index is 0.0319. The third-order valence-corrected chi connectivity index (χ3v) is 3.71. The van der Waals surface area contributed by atoms with Crippen LogP contribution in [-0.2, 0) is 17.6 Å². The van der Waals surface area contributed by atoms with Gasteiger partial charge in [-0.15, -0.1) is 0 Å². The number of carbonyl (C=O) groups excluding carboxylic acids is 1. The second-order valence-corrected chi connectivity index (χ2v) is 5.57. The molecule has 24 heavy (non-hydrogen) atoms. The van der Waals surface area contributed by atoms with E-state index in [9.17, 15) is 13.6 Å². The molecule has 2 aromatic carbocycles. The molecule has 2 aromatic rings. The van der Waals surface area contributed by atoms with Crippen molar-refractivity contribution in [2.24, 2.45) is 0 Å². The molecular formula is C19H22F2N2O. The van der Waals surface area contributed by atoms with Crippen molar-refractivity contribution in [1.29, 1.82) is 0 Å². The van der Waals surface area contributed by atoms with Crippen molar-refractivity contribution in [3.63, 3.8) is 0 Å². The molecule has 0 atom stereocenters. The second kappa shape index (κ2) is 9.78. The highest BCUT2D eigenvalue weighted by Crippen LogP contribution is 2.06. The van der Waals surface area contributed by atoms with E-state index in [1.54, 1.807) is 24.3 Å². The Morgan fingerprint density at radius 2 is 1.62 bits per heavy atom. The molecule has 2 rings (SSSR count). The molecule has 0 bridgehead atoms. The molecule has 0 aliphatic rings. The van der Waals surface area contributed by atoms with Crippen LogP contribution in [0.15, 0.2) is 48.5 Å². The van der Waals surface area contributed by atoms with Crippen LogP contribution in [0.4, 0.5) is 8.78 Å². The van der Waals surface area contributed by atoms with Gasteiger partial charge in [0.1, 0.15) is 11.6 Å². The Balaban J connectivity index is 1.53. The third-order valence-electron chi connectivity index (χ3n) is 3.71. The van der Waals surface area contributed by atoms with Gasteiger partial charge in [0.15, 0.2) is 0 Å². The van der Waals surface area contributed by atoms with Gasteiger partial charge in [0.05, 0.1) is 0 Å². The van der Waals surface area contributed by atoms with Gasteiger partial charge in [0.25, 0.3) is 0 Å². The molecular weight excluding hydrogens is 310 g/mol. The van der Waals surface area contributed by atoms with E-state index in [1.807, 2.05) is 6.07 Å². The highest BCUT2D eigenvalue weighted by Gasteiger charge is 2.02. The van der Waals surface area contributed by atoms with E-state index in [2.05, 4.69) is 10.6 Å². The molecule has 0 saturated carbocycles. The predicted octanol–water partition coefficient (Wildman–Crippen LogP) is 2.85. The van der Waals surface area contributed by atoms with E-state index < -0.39 is 0 Å². The maximum Gasteiger partial charge on any atom is 0.221 e. The van der Waals surface area contributed by atoms with Crippen molar-refractivity contribution in [3.8, 4) is 0 Å². The molecule has 0 aliphatic heterocycles. The first-order valence-electron chi connectivity index (χ1n) is 8.10. The number of rotatable bonds is 9. The second-order valence-electron chi connectivity index (χ2n) is 5.57. The summed E-state index contributed by atoms with van der Waals surface area (Å²) in [5.74, 6) is -0.488. The number of carbonyl (C=O) groups is 1. The molecule has 0 radical (unpaired) electrons. The predicted molar refractivity (Wildman–Crippen MR) is 90.7 cm³/mol. The van der Waals surface area contributed by atoms with Crippen LogP contribution in [0.5, 0.6) is 0 Å². The topological polar surface area (TPSA) is 41.1 Å². The van der Waals surface area contributed by atoms with Crippen LogP contribution in [0.2, 0.25) is 0 Å². The van der Waals surface area contributed by atoms with E-state index in [4.69, 9.17) is 0 Å². The summed E-state index contributed by atoms with van der Waals surface area (Å²) in [6.45, 7) is 1.71. The summed E-state index contributed by atoms with van der Waals surface area (Å²) in [4.78, 5) is 11.7. The highest BCUT2D eigenvalue weighted by atomic mass is 19.1. The largest absolute Gasteiger partial charge is 0.356 e. The highest BCUT2D eigenvalue weighted by molar-refractivity contribution is 5.76. The Labute approximate surface area is 141 Å². The van der Waals surface area contributed by atoms with Crippen molar-refractivity contribution in [2.45, 2.75) is 19.3 Å². The zero-order valence-corrected chi connectivity index (χ0v) is 13.5. The van der Waals surface area contributed by atoms with Gasteiger partial charge in [-0.1, -0.05) is 30.3 Å². The average molecular weight is 332 g/mol. The van der Waals surface area contributed by atoms with Crippen molar-refractivity contribution in [2.75, 3.05) is 19.6 Å². The van der Waals surface area contributed by atoms with Gasteiger partial charge in [-0.05, 0) is 48.7 Å². The zero-order valence-electron chi connectivity index (χ0n) is 13.5. The third kappa shape index (κ3) is 6.46. The molecule has 5 heteroatoms. The van der Waals surface area contributed by atoms with Crippen LogP contribution in [0.1, 0.15) is 17.5 Å². The summed E-state index contributed by atoms with van der Waals surface area (Å²) in [6, 6.07) is 12.9. The number of benzene rings is 2. The Bertz CT molecular complexity index is 644. The Kier molecular flexibility index (Phi) is 7.36. The van der Waals surface area contributed by atoms with Crippen LogP contribution in [0, 0.1) is 11.6 Å². The fourth-order valence-corrected chi connectivity index (χ4v) is 2.34. The van der Waals surface area contributed by atoms with E-state index in [-0.39, 0.29) is 17.5 Å². The normalized spacial score (nSPS) is 10.6. The van der Waals surface area contributed by atoms with Gasteiger partial charge in [-0.25, -0.2) is 8.78 Å². The number of nitrogens with one attached hydrogen (secondary N) is 2. The standard InChI is InChI=1S/C19H22F2N2O/c20-17-7-5-15(6-8-17)9-14-23-19(24)11-13-22-12-10-16-3-1-2-4-18(16)21/h1-8,22H,9-14H2,(H,23,24). The maximum absolute atomic E-state index is 13.4. The lowest BCUT2D eigenvalue weighted by molar-refractivity contribution is -0.120. The van der Waals surface area contributed by atoms with Gasteiger partial charge in [-0.2, -0.15) is 0 Å². The summed E-state index contributed by atoms with van der Waals surface area (Å²) < 4.78 is 26.2. The summed E-state index contributed by atoms with van der Waals surface area (Å²) >= 11 is 0. The molecule has 0 fully saturated rings. The van der Waals surface area contributed by atoms with Gasteiger partial charge in [0.2, 0.25) is 5.91 Å². The summed E-state index contributed by atoms with van der Waals surface area (Å²) in [7, 11) is 0. The lowest BCUT2D eigenvalue weighted by Crippen LogP contribution is -2.29. The molecule has 0 saturated heterocycles. The maximum atomic E-state index is 13.4. The first-order valence-corrected chi connectivity index (χ1v) is 8.10. The first-order chi connectivity index (χ1) is 11.6. The van der Waals surface area contributed by atoms with Crippen molar-refractivity contribution in [3.05, 3.63) is 71.3 Å². The van der Waals surface area contributed by atoms with E-state index in [0.29, 0.717) is 44.5 Å². The molecule has 0 spiro atoms. The Morgan fingerprint density at radius 1 is 0.875 bits per heavy atom. The molecule has 128 valence electrons. The molecule has 1 amide bonds. The number of hydrogen-bond acceptors (Lipinski definition) is 2. The molecule has 0 heterocycles. The molecule has 0 unspecified atom stereocenters. The Hall–Kier alpha value is -2.27. The van der Waals surface area contributed by atoms with E-state index in [0.717, 1.165) is 5.56 Å². The molecule has 3 nitrogen and oxygen atoms in total. The SMILES string of the molecule is O=C(CCNCCc1ccccc1F)NCCc1ccc(F)cc1. The van der Waals surface area contributed by atoms with Crippen LogP contribution < -0.4 is 10.6 Å². The minimum Gasteiger partial charge on any atom is -0.356 e. The lowest BCUT2D eigenvalue weighted by atomic mass is 10.1. The fraction of sp³-hybridized carbons (Fsp3) is 0.316. The zero-order chi connectivity index (χ0) is 17.2. The van der Waals surface area contributed by atoms with Crippen molar-refractivity contribution in [1.82, 2.24) is 10.6 Å². The van der Waals surface area contributed by atoms with E-state index in [1.165, 1.54) is 18.2 Å². The van der Waals surface area contributed by atoms with Crippen molar-refractivity contribution >= 4 is 5.91 Å². The van der Waals surface area contributed by atoms with Gasteiger partial charge >= 0.3 is 0 Å². The number of hydrogen-bond donors (Lipinski definition) is 2. The van der Waals surface area contributed by atoms with E-state index >= 15 is 0 Å². The number of amides is 1. The minimum atomic E-state index is -0.260. The van der Waals surface area contributed by atoms with Crippen LogP contribution in [0.25, 0.3) is 0 Å². The monoisotopic (exact) mass is 332 g/mol. The average Bonchev–Trinajstić information content (AvgIpc) is 2.58. The summed E-state index contributed by atoms with van der Waals surface area (Å²) in [6.07, 6.45) is 1.65. The van der Waals surface area contributed by atoms with Gasteiger partial charge < -0.3 is 10.6 Å². The first kappa shape index (κ1) is 18.1. The fourth-order valence-electron chi connectivity index (χ4n) is 2.34. The summed E-state index contributed by atoms with van der Waals surface area (Å²) in [5, 5.41) is 5.97. The van der Waals surface area contributed by atoms with Crippen LogP contribution in [0.3, 0.4) is 0 Å². The Morgan fingerprint density at radius 3 is 2.38 bits per heavy atom. The van der Waals surface area contributed by atoms with Gasteiger partial charge in [-0.3, -0.25) is 4.79 Å². The number of halogens is 2. The van der Waals surface area contributed by atoms with Crippen molar-refractivity contribution < 1.29 is 13.6 Å². The molecule has 0 aliphatic carbocycles. The quantitative estimate of drug-likeness (QED) is 0.693. The smallest absolute Gasteiger partial charge is 0.221 e. The van der Waals surface area contributed by atoms with Crippen LogP contribution in [-0.4, -0.2) is 25.5 Å².